The highest BCUT2D eigenvalue weighted by Gasteiger charge is 2.32. The van der Waals surface area contributed by atoms with Crippen molar-refractivity contribution in [3.8, 4) is 0 Å². The van der Waals surface area contributed by atoms with Crippen LogP contribution in [0.15, 0.2) is 47.4 Å². The summed E-state index contributed by atoms with van der Waals surface area (Å²) in [5, 5.41) is 2.38. The van der Waals surface area contributed by atoms with Crippen molar-refractivity contribution < 1.29 is 22.0 Å². The second kappa shape index (κ2) is 7.97. The summed E-state index contributed by atoms with van der Waals surface area (Å²) in [6, 6.07) is 8.31. The van der Waals surface area contributed by atoms with Crippen LogP contribution >= 0.6 is 0 Å². The molecule has 0 radical (unpaired) electrons. The van der Waals surface area contributed by atoms with Crippen LogP contribution in [-0.2, 0) is 10.0 Å². The quantitative estimate of drug-likeness (QED) is 0.835. The number of piperidine rings is 1. The Morgan fingerprint density at radius 2 is 1.75 bits per heavy atom. The second-order valence-corrected chi connectivity index (χ2v) is 9.31. The number of halogens is 2. The monoisotopic (exact) mass is 408 g/mol. The molecule has 5 nitrogen and oxygen atoms in total. The first-order valence-electron chi connectivity index (χ1n) is 9.03. The molecular weight excluding hydrogens is 386 g/mol. The minimum absolute atomic E-state index is 0.139. The fraction of sp³-hybridized carbons (Fsp3) is 0.350. The number of nitrogens with one attached hydrogen (secondary N) is 1. The van der Waals surface area contributed by atoms with Crippen LogP contribution in [0.25, 0.3) is 0 Å². The zero-order valence-electron chi connectivity index (χ0n) is 15.7. The van der Waals surface area contributed by atoms with Gasteiger partial charge in [0, 0.05) is 18.8 Å². The Morgan fingerprint density at radius 1 is 1.07 bits per heavy atom. The molecule has 0 aliphatic carbocycles. The molecule has 1 N–H and O–H groups in total. The number of hydrogen-bond acceptors (Lipinski definition) is 3. The maximum absolute atomic E-state index is 14.2. The summed E-state index contributed by atoms with van der Waals surface area (Å²) in [5.74, 6) is -1.82. The number of sulfonamides is 1. The van der Waals surface area contributed by atoms with Gasteiger partial charge in [0.2, 0.25) is 10.0 Å². The summed E-state index contributed by atoms with van der Waals surface area (Å²) in [5.41, 5.74) is -0.264. The summed E-state index contributed by atoms with van der Waals surface area (Å²) in [7, 11) is -3.85. The molecule has 1 amide bonds. The molecule has 8 heteroatoms. The number of carbonyl (C=O) groups excluding carboxylic acids is 1. The maximum atomic E-state index is 14.2. The third-order valence-corrected chi connectivity index (χ3v) is 6.57. The van der Waals surface area contributed by atoms with Crippen molar-refractivity contribution in [3.05, 3.63) is 59.7 Å². The Hall–Kier alpha value is -2.32. The van der Waals surface area contributed by atoms with Crippen LogP contribution in [0, 0.1) is 23.5 Å². The number of nitrogens with zero attached hydrogens (tertiary/aromatic N) is 1. The van der Waals surface area contributed by atoms with E-state index in [0.29, 0.717) is 13.1 Å². The highest BCUT2D eigenvalue weighted by molar-refractivity contribution is 7.89. The molecule has 28 heavy (non-hydrogen) atoms. The fourth-order valence-electron chi connectivity index (χ4n) is 3.55. The van der Waals surface area contributed by atoms with Crippen LogP contribution in [0.3, 0.4) is 0 Å². The van der Waals surface area contributed by atoms with Crippen LogP contribution in [0.1, 0.15) is 30.6 Å². The lowest BCUT2D eigenvalue weighted by Gasteiger charge is -2.34. The molecule has 1 saturated heterocycles. The first-order valence-corrected chi connectivity index (χ1v) is 10.5. The number of amides is 1. The Labute approximate surface area is 163 Å². The van der Waals surface area contributed by atoms with E-state index in [2.05, 4.69) is 5.32 Å². The van der Waals surface area contributed by atoms with E-state index in [4.69, 9.17) is 0 Å². The van der Waals surface area contributed by atoms with Crippen molar-refractivity contribution >= 4 is 21.6 Å². The number of hydrogen-bond donors (Lipinski definition) is 1. The zero-order valence-corrected chi connectivity index (χ0v) is 16.5. The van der Waals surface area contributed by atoms with E-state index in [1.54, 1.807) is 0 Å². The predicted molar refractivity (Wildman–Crippen MR) is 102 cm³/mol. The summed E-state index contributed by atoms with van der Waals surface area (Å²) in [6.45, 7) is 4.74. The van der Waals surface area contributed by atoms with E-state index >= 15 is 0 Å². The predicted octanol–water partition coefficient (Wildman–Crippen LogP) is 3.88. The molecule has 2 atom stereocenters. The molecule has 150 valence electrons. The van der Waals surface area contributed by atoms with Gasteiger partial charge in [-0.05, 0) is 54.7 Å². The normalized spacial score (nSPS) is 20.7. The van der Waals surface area contributed by atoms with E-state index < -0.39 is 33.1 Å². The summed E-state index contributed by atoms with van der Waals surface area (Å²) in [6.07, 6.45) is 0.941. The first-order chi connectivity index (χ1) is 13.2. The molecule has 0 aromatic heterocycles. The molecule has 0 saturated carbocycles. The zero-order chi connectivity index (χ0) is 20.5. The molecule has 0 spiro atoms. The minimum Gasteiger partial charge on any atom is -0.322 e. The molecule has 1 aliphatic heterocycles. The molecule has 2 aromatic carbocycles. The van der Waals surface area contributed by atoms with Gasteiger partial charge >= 0.3 is 0 Å². The van der Waals surface area contributed by atoms with Crippen molar-refractivity contribution in [1.82, 2.24) is 4.31 Å². The highest BCUT2D eigenvalue weighted by Crippen LogP contribution is 2.27. The Morgan fingerprint density at radius 3 is 2.39 bits per heavy atom. The molecule has 0 bridgehead atoms. The van der Waals surface area contributed by atoms with E-state index in [9.17, 15) is 22.0 Å². The number of carbonyl (C=O) groups is 1. The lowest BCUT2D eigenvalue weighted by molar-refractivity contribution is 0.102. The van der Waals surface area contributed by atoms with Gasteiger partial charge in [0.05, 0.1) is 10.5 Å². The fourth-order valence-corrected chi connectivity index (χ4v) is 5.26. The van der Waals surface area contributed by atoms with Crippen molar-refractivity contribution in [1.29, 1.82) is 0 Å². The van der Waals surface area contributed by atoms with E-state index in [1.807, 2.05) is 13.8 Å². The van der Waals surface area contributed by atoms with E-state index in [1.165, 1.54) is 22.5 Å². The summed E-state index contributed by atoms with van der Waals surface area (Å²) < 4.78 is 54.9. The van der Waals surface area contributed by atoms with Crippen molar-refractivity contribution in [2.45, 2.75) is 25.2 Å². The SMILES string of the molecule is C[C@@H]1C[C@H](C)CN(S(=O)(=O)c2ccc(F)c(C(=O)Nc3cccc(F)c3)c2)C1. The molecule has 1 heterocycles. The molecular formula is C20H22F2N2O3S. The largest absolute Gasteiger partial charge is 0.322 e. The number of rotatable bonds is 4. The van der Waals surface area contributed by atoms with Crippen LogP contribution in [0.4, 0.5) is 14.5 Å². The lowest BCUT2D eigenvalue weighted by Crippen LogP contribution is -2.42. The molecule has 1 aliphatic rings. The second-order valence-electron chi connectivity index (χ2n) is 7.37. The van der Waals surface area contributed by atoms with Crippen LogP contribution < -0.4 is 5.32 Å². The average Bonchev–Trinajstić information content (AvgIpc) is 2.61. The van der Waals surface area contributed by atoms with Gasteiger partial charge in [-0.25, -0.2) is 17.2 Å². The van der Waals surface area contributed by atoms with E-state index in [-0.39, 0.29) is 22.4 Å². The van der Waals surface area contributed by atoms with Gasteiger partial charge in [-0.1, -0.05) is 19.9 Å². The standard InChI is InChI=1S/C20H22F2N2O3S/c1-13-8-14(2)12-24(11-13)28(26,27)17-6-7-19(22)18(10-17)20(25)23-16-5-3-4-15(21)9-16/h3-7,9-10,13-14H,8,11-12H2,1-2H3,(H,23,25)/t13-,14+. The Bertz CT molecular complexity index is 985. The number of anilines is 1. The summed E-state index contributed by atoms with van der Waals surface area (Å²) >= 11 is 0. The minimum atomic E-state index is -3.85. The molecule has 2 aromatic rings. The average molecular weight is 408 g/mol. The lowest BCUT2D eigenvalue weighted by atomic mass is 9.94. The van der Waals surface area contributed by atoms with Gasteiger partial charge in [-0.2, -0.15) is 4.31 Å². The van der Waals surface area contributed by atoms with Crippen LogP contribution in [-0.4, -0.2) is 31.7 Å². The van der Waals surface area contributed by atoms with Crippen molar-refractivity contribution in [3.63, 3.8) is 0 Å². The van der Waals surface area contributed by atoms with Gasteiger partial charge in [0.25, 0.3) is 5.91 Å². The topological polar surface area (TPSA) is 66.5 Å². The van der Waals surface area contributed by atoms with Gasteiger partial charge in [-0.3, -0.25) is 4.79 Å². The summed E-state index contributed by atoms with van der Waals surface area (Å²) in [4.78, 5) is 12.3. The van der Waals surface area contributed by atoms with Crippen molar-refractivity contribution in [2.75, 3.05) is 18.4 Å². The van der Waals surface area contributed by atoms with Crippen LogP contribution in [0.5, 0.6) is 0 Å². The molecule has 3 rings (SSSR count). The third-order valence-electron chi connectivity index (χ3n) is 4.74. The molecule has 0 unspecified atom stereocenters. The third kappa shape index (κ3) is 4.39. The Balaban J connectivity index is 1.89. The van der Waals surface area contributed by atoms with Gasteiger partial charge in [0.15, 0.2) is 0 Å². The van der Waals surface area contributed by atoms with Crippen LogP contribution in [0.2, 0.25) is 0 Å². The maximum Gasteiger partial charge on any atom is 0.258 e. The van der Waals surface area contributed by atoms with Crippen molar-refractivity contribution in [2.24, 2.45) is 11.8 Å². The first kappa shape index (κ1) is 20.4. The molecule has 1 fully saturated rings. The van der Waals surface area contributed by atoms with E-state index in [0.717, 1.165) is 30.7 Å². The number of benzene rings is 2. The van der Waals surface area contributed by atoms with Gasteiger partial charge in [0.1, 0.15) is 11.6 Å². The Kier molecular flexibility index (Phi) is 5.81. The van der Waals surface area contributed by atoms with Gasteiger partial charge in [-0.15, -0.1) is 0 Å². The van der Waals surface area contributed by atoms with Gasteiger partial charge < -0.3 is 5.32 Å². The highest BCUT2D eigenvalue weighted by atomic mass is 32.2. The smallest absolute Gasteiger partial charge is 0.258 e.